The lowest BCUT2D eigenvalue weighted by Crippen LogP contribution is -2.41. The van der Waals surface area contributed by atoms with Gasteiger partial charge < -0.3 is 15.1 Å². The van der Waals surface area contributed by atoms with Crippen molar-refractivity contribution in [3.05, 3.63) is 35.9 Å². The van der Waals surface area contributed by atoms with Crippen molar-refractivity contribution in [1.29, 1.82) is 0 Å². The van der Waals surface area contributed by atoms with Crippen LogP contribution in [0.25, 0.3) is 0 Å². The van der Waals surface area contributed by atoms with Crippen LogP contribution in [0.4, 0.5) is 22.2 Å². The van der Waals surface area contributed by atoms with Crippen LogP contribution in [0.2, 0.25) is 0 Å². The summed E-state index contributed by atoms with van der Waals surface area (Å²) in [6.45, 7) is 14.1. The number of hydrogen-bond acceptors (Lipinski definition) is 8. The number of fused-ring (bicyclic) bond motifs is 5. The molecule has 4 bridgehead atoms. The zero-order valence-electron chi connectivity index (χ0n) is 25.8. The standard InChI is InChI=1S/C31H43N7O4S/c1-29(2,3)13-7-15-36-16-17-37(28(36)40)24-11-10-22-26(34-24)38-20-31(19-30(38,4)5)18-21(31)12-14-32-23-8-6-9-25(33-23)43(41,42)35-27(22)39/h6,8-11,21H,7,12-20H2,1-5H3,(H,32,33)(H,35,39). The molecule has 1 saturated carbocycles. The van der Waals surface area contributed by atoms with E-state index in [1.54, 1.807) is 29.2 Å². The number of hydrogen-bond donors (Lipinski definition) is 2. The van der Waals surface area contributed by atoms with Crippen LogP contribution in [0.3, 0.4) is 0 Å². The second kappa shape index (κ2) is 10.3. The minimum absolute atomic E-state index is 0.0941. The Bertz CT molecular complexity index is 1550. The fraction of sp³-hybridized carbons (Fsp3) is 0.613. The van der Waals surface area contributed by atoms with Crippen molar-refractivity contribution in [2.45, 2.75) is 77.3 Å². The van der Waals surface area contributed by atoms with E-state index in [9.17, 15) is 18.0 Å². The summed E-state index contributed by atoms with van der Waals surface area (Å²) in [5.74, 6) is 1.07. The van der Waals surface area contributed by atoms with Gasteiger partial charge >= 0.3 is 6.03 Å². The number of carbonyl (C=O) groups is 2. The van der Waals surface area contributed by atoms with E-state index in [1.807, 2.05) is 4.90 Å². The first kappa shape index (κ1) is 29.7. The van der Waals surface area contributed by atoms with Crippen LogP contribution < -0.4 is 19.8 Å². The van der Waals surface area contributed by atoms with E-state index < -0.39 is 15.9 Å². The number of amides is 3. The number of sulfonamides is 1. The molecule has 5 heterocycles. The molecule has 1 aliphatic carbocycles. The number of nitrogens with zero attached hydrogens (tertiary/aromatic N) is 5. The van der Waals surface area contributed by atoms with Gasteiger partial charge in [-0.15, -0.1) is 0 Å². The molecule has 12 heteroatoms. The van der Waals surface area contributed by atoms with Crippen LogP contribution in [-0.4, -0.2) is 73.5 Å². The second-order valence-corrected chi connectivity index (χ2v) is 16.1. The Balaban J connectivity index is 1.35. The third-order valence-corrected chi connectivity index (χ3v) is 10.7. The first-order valence-corrected chi connectivity index (χ1v) is 16.8. The van der Waals surface area contributed by atoms with Crippen molar-refractivity contribution in [1.82, 2.24) is 19.6 Å². The molecular weight excluding hydrogens is 566 g/mol. The molecule has 2 aromatic rings. The summed E-state index contributed by atoms with van der Waals surface area (Å²) >= 11 is 0. The van der Waals surface area contributed by atoms with Gasteiger partial charge in [0.25, 0.3) is 15.9 Å². The van der Waals surface area contributed by atoms with Crippen molar-refractivity contribution in [2.24, 2.45) is 16.7 Å². The van der Waals surface area contributed by atoms with Crippen LogP contribution in [0.1, 0.15) is 77.1 Å². The Hall–Kier alpha value is -3.41. The molecule has 3 amide bonds. The molecule has 2 saturated heterocycles. The third kappa shape index (κ3) is 5.77. The molecule has 3 fully saturated rings. The van der Waals surface area contributed by atoms with E-state index >= 15 is 0 Å². The van der Waals surface area contributed by atoms with Gasteiger partial charge in [-0.3, -0.25) is 9.69 Å². The summed E-state index contributed by atoms with van der Waals surface area (Å²) in [6.07, 6.45) is 4.91. The van der Waals surface area contributed by atoms with Gasteiger partial charge in [0.15, 0.2) is 5.03 Å². The fourth-order valence-corrected chi connectivity index (χ4v) is 8.13. The first-order chi connectivity index (χ1) is 20.2. The minimum atomic E-state index is -4.25. The summed E-state index contributed by atoms with van der Waals surface area (Å²) in [5, 5.41) is 3.03. The molecule has 1 spiro atoms. The van der Waals surface area contributed by atoms with Crippen LogP contribution in [-0.2, 0) is 10.0 Å². The molecule has 2 unspecified atom stereocenters. The largest absolute Gasteiger partial charge is 0.370 e. The lowest BCUT2D eigenvalue weighted by atomic mass is 9.90. The van der Waals surface area contributed by atoms with E-state index in [1.165, 1.54) is 6.07 Å². The van der Waals surface area contributed by atoms with Gasteiger partial charge in [0.05, 0.1) is 5.56 Å². The van der Waals surface area contributed by atoms with Crippen LogP contribution >= 0.6 is 0 Å². The zero-order chi connectivity index (χ0) is 30.8. The maximum atomic E-state index is 13.7. The van der Waals surface area contributed by atoms with Gasteiger partial charge in [0, 0.05) is 38.3 Å². The fourth-order valence-electron chi connectivity index (χ4n) is 7.19. The molecule has 2 atom stereocenters. The number of rotatable bonds is 4. The predicted molar refractivity (Wildman–Crippen MR) is 166 cm³/mol. The summed E-state index contributed by atoms with van der Waals surface area (Å²) < 4.78 is 28.7. The van der Waals surface area contributed by atoms with E-state index in [-0.39, 0.29) is 33.0 Å². The van der Waals surface area contributed by atoms with Gasteiger partial charge in [-0.2, -0.15) is 8.42 Å². The Kier molecular flexibility index (Phi) is 7.14. The zero-order valence-corrected chi connectivity index (χ0v) is 26.6. The topological polar surface area (TPSA) is 128 Å². The molecule has 232 valence electrons. The molecular formula is C31H43N7O4S. The summed E-state index contributed by atoms with van der Waals surface area (Å²) in [6, 6.07) is 7.88. The monoisotopic (exact) mass is 609 g/mol. The van der Waals surface area contributed by atoms with Gasteiger partial charge in [-0.1, -0.05) is 26.8 Å². The number of nitrogens with one attached hydrogen (secondary N) is 2. The average molecular weight is 610 g/mol. The van der Waals surface area contributed by atoms with E-state index in [2.05, 4.69) is 54.5 Å². The van der Waals surface area contributed by atoms with Crippen molar-refractivity contribution in [3.63, 3.8) is 0 Å². The Morgan fingerprint density at radius 1 is 1.07 bits per heavy atom. The normalized spacial score (nSPS) is 26.2. The quantitative estimate of drug-likeness (QED) is 0.520. The number of aromatic nitrogens is 2. The highest BCUT2D eigenvalue weighted by Gasteiger charge is 2.62. The number of anilines is 3. The van der Waals surface area contributed by atoms with E-state index in [0.29, 0.717) is 56.1 Å². The maximum Gasteiger partial charge on any atom is 0.325 e. The molecule has 3 aliphatic heterocycles. The maximum absolute atomic E-state index is 13.7. The van der Waals surface area contributed by atoms with Crippen molar-refractivity contribution >= 4 is 39.4 Å². The summed E-state index contributed by atoms with van der Waals surface area (Å²) in [7, 11) is -4.25. The number of urea groups is 1. The Morgan fingerprint density at radius 3 is 2.63 bits per heavy atom. The highest BCUT2D eigenvalue weighted by Crippen LogP contribution is 2.64. The lowest BCUT2D eigenvalue weighted by Gasteiger charge is -2.34. The first-order valence-electron chi connectivity index (χ1n) is 15.3. The van der Waals surface area contributed by atoms with Gasteiger partial charge in [-0.25, -0.2) is 19.5 Å². The molecule has 43 heavy (non-hydrogen) atoms. The Morgan fingerprint density at radius 2 is 1.86 bits per heavy atom. The number of carbonyl (C=O) groups excluding carboxylic acids is 2. The highest BCUT2D eigenvalue weighted by atomic mass is 32.2. The molecule has 2 aromatic heterocycles. The van der Waals surface area contributed by atoms with Crippen LogP contribution in [0.5, 0.6) is 0 Å². The average Bonchev–Trinajstić information content (AvgIpc) is 3.31. The Labute approximate surface area is 254 Å². The smallest absolute Gasteiger partial charge is 0.325 e. The van der Waals surface area contributed by atoms with E-state index in [0.717, 1.165) is 32.1 Å². The SMILES string of the molecule is CC(C)(C)CCCN1CCN(c2ccc3c(n2)N2CC4(CC4CCNc4cccc(n4)S(=O)(=O)NC3=O)CC2(C)C)C1=O. The molecule has 11 nitrogen and oxygen atoms in total. The molecule has 0 aromatic carbocycles. The predicted octanol–water partition coefficient (Wildman–Crippen LogP) is 4.47. The molecule has 2 N–H and O–H groups in total. The number of pyridine rings is 2. The highest BCUT2D eigenvalue weighted by molar-refractivity contribution is 7.90. The lowest BCUT2D eigenvalue weighted by molar-refractivity contribution is 0.0981. The van der Waals surface area contributed by atoms with Gasteiger partial charge in [0.2, 0.25) is 0 Å². The van der Waals surface area contributed by atoms with Crippen molar-refractivity contribution in [3.8, 4) is 0 Å². The molecule has 6 rings (SSSR count). The second-order valence-electron chi connectivity index (χ2n) is 14.5. The molecule has 4 aliphatic rings. The summed E-state index contributed by atoms with van der Waals surface area (Å²) in [4.78, 5) is 42.0. The van der Waals surface area contributed by atoms with Crippen molar-refractivity contribution in [2.75, 3.05) is 47.8 Å². The summed E-state index contributed by atoms with van der Waals surface area (Å²) in [5.41, 5.74) is 0.146. The van der Waals surface area contributed by atoms with Gasteiger partial charge in [0.1, 0.15) is 17.5 Å². The molecule has 0 radical (unpaired) electrons. The third-order valence-electron chi connectivity index (χ3n) is 9.46. The van der Waals surface area contributed by atoms with Gasteiger partial charge in [-0.05, 0) is 87.0 Å². The van der Waals surface area contributed by atoms with Crippen LogP contribution in [0, 0.1) is 16.7 Å². The minimum Gasteiger partial charge on any atom is -0.370 e. The van der Waals surface area contributed by atoms with Crippen molar-refractivity contribution < 1.29 is 18.0 Å². The van der Waals surface area contributed by atoms with Crippen LogP contribution in [0.15, 0.2) is 35.4 Å². The van der Waals surface area contributed by atoms with E-state index in [4.69, 9.17) is 4.98 Å².